The molecular formula is C19H18FN5OS. The summed E-state index contributed by atoms with van der Waals surface area (Å²) < 4.78 is 14.5. The number of carbonyl (C=O) groups excluding carboxylic acids is 1. The molecule has 0 unspecified atom stereocenters. The molecule has 0 fully saturated rings. The van der Waals surface area contributed by atoms with Crippen LogP contribution in [0.1, 0.15) is 35.1 Å². The number of rotatable bonds is 4. The molecule has 1 aromatic carbocycles. The summed E-state index contributed by atoms with van der Waals surface area (Å²) >= 11 is 1.47. The highest BCUT2D eigenvalue weighted by Crippen LogP contribution is 2.36. The first-order chi connectivity index (χ1) is 12.9. The molecule has 0 aliphatic carbocycles. The molecular weight excluding hydrogens is 365 g/mol. The molecule has 1 aliphatic rings. The Morgan fingerprint density at radius 3 is 3.04 bits per heavy atom. The van der Waals surface area contributed by atoms with Crippen molar-refractivity contribution in [3.8, 4) is 0 Å². The summed E-state index contributed by atoms with van der Waals surface area (Å²) in [5.41, 5.74) is 7.70. The van der Waals surface area contributed by atoms with Crippen molar-refractivity contribution >= 4 is 33.7 Å². The summed E-state index contributed by atoms with van der Waals surface area (Å²) in [5, 5.41) is 0.459. The maximum Gasteiger partial charge on any atom is 0.202 e. The number of aromatic amines is 1. The monoisotopic (exact) mass is 383 g/mol. The third kappa shape index (κ3) is 3.44. The van der Waals surface area contributed by atoms with Crippen molar-refractivity contribution in [1.29, 1.82) is 0 Å². The molecule has 0 bridgehead atoms. The number of hydrogen-bond donors (Lipinski definition) is 2. The number of ketones is 1. The van der Waals surface area contributed by atoms with Gasteiger partial charge in [-0.2, -0.15) is 0 Å². The van der Waals surface area contributed by atoms with Gasteiger partial charge in [0.2, 0.25) is 5.78 Å². The highest BCUT2D eigenvalue weighted by molar-refractivity contribution is 8.13. The molecule has 4 rings (SSSR count). The van der Waals surface area contributed by atoms with Crippen molar-refractivity contribution in [2.24, 2.45) is 10.7 Å². The van der Waals surface area contributed by atoms with Crippen LogP contribution in [-0.2, 0) is 12.0 Å². The van der Waals surface area contributed by atoms with E-state index in [-0.39, 0.29) is 23.8 Å². The van der Waals surface area contributed by atoms with Gasteiger partial charge in [0.15, 0.2) is 11.0 Å². The van der Waals surface area contributed by atoms with Crippen LogP contribution in [0.5, 0.6) is 0 Å². The lowest BCUT2D eigenvalue weighted by Gasteiger charge is -2.30. The van der Waals surface area contributed by atoms with Gasteiger partial charge in [-0.25, -0.2) is 9.37 Å². The SMILES string of the molecule is C[C@@]1(c2cc(CC(=O)c3nc4ccncc4[nH]3)ccc2F)CCSC(N)=N1. The maximum absolute atomic E-state index is 14.5. The number of imidazole rings is 1. The molecule has 0 spiro atoms. The van der Waals surface area contributed by atoms with E-state index in [0.29, 0.717) is 33.7 Å². The number of fused-ring (bicyclic) bond motifs is 1. The van der Waals surface area contributed by atoms with E-state index in [1.807, 2.05) is 6.92 Å². The molecule has 0 saturated heterocycles. The zero-order valence-electron chi connectivity index (χ0n) is 14.7. The molecule has 0 saturated carbocycles. The molecule has 6 nitrogen and oxygen atoms in total. The largest absolute Gasteiger partial charge is 0.379 e. The van der Waals surface area contributed by atoms with Crippen LogP contribution in [0, 0.1) is 5.82 Å². The van der Waals surface area contributed by atoms with Gasteiger partial charge in [0.1, 0.15) is 5.82 Å². The summed E-state index contributed by atoms with van der Waals surface area (Å²) in [6.07, 6.45) is 4.05. The van der Waals surface area contributed by atoms with E-state index in [0.717, 1.165) is 5.75 Å². The number of aromatic nitrogens is 3. The molecule has 1 atom stereocenters. The number of hydrogen-bond acceptors (Lipinski definition) is 6. The highest BCUT2D eigenvalue weighted by Gasteiger charge is 2.32. The minimum absolute atomic E-state index is 0.116. The highest BCUT2D eigenvalue weighted by atomic mass is 32.2. The second-order valence-electron chi connectivity index (χ2n) is 6.71. The smallest absolute Gasteiger partial charge is 0.202 e. The van der Waals surface area contributed by atoms with Gasteiger partial charge in [-0.15, -0.1) is 0 Å². The molecule has 0 radical (unpaired) electrons. The van der Waals surface area contributed by atoms with E-state index >= 15 is 0 Å². The molecule has 0 amide bonds. The number of nitrogens with two attached hydrogens (primary N) is 1. The first-order valence-corrected chi connectivity index (χ1v) is 9.53. The van der Waals surface area contributed by atoms with Gasteiger partial charge in [0, 0.05) is 23.9 Å². The molecule has 3 aromatic rings. The zero-order chi connectivity index (χ0) is 19.0. The predicted octanol–water partition coefficient (Wildman–Crippen LogP) is 3.19. The Balaban J connectivity index is 1.63. The average molecular weight is 383 g/mol. The Morgan fingerprint density at radius 1 is 1.41 bits per heavy atom. The van der Waals surface area contributed by atoms with E-state index in [4.69, 9.17) is 5.73 Å². The van der Waals surface area contributed by atoms with Crippen LogP contribution in [0.15, 0.2) is 41.7 Å². The van der Waals surface area contributed by atoms with Gasteiger partial charge < -0.3 is 10.7 Å². The average Bonchev–Trinajstić information content (AvgIpc) is 3.07. The fraction of sp³-hybridized carbons (Fsp3) is 0.263. The van der Waals surface area contributed by atoms with Crippen LogP contribution in [-0.4, -0.2) is 31.7 Å². The van der Waals surface area contributed by atoms with Crippen LogP contribution < -0.4 is 5.73 Å². The summed E-state index contributed by atoms with van der Waals surface area (Å²) in [7, 11) is 0. The molecule has 27 heavy (non-hydrogen) atoms. The van der Waals surface area contributed by atoms with Crippen molar-refractivity contribution in [2.45, 2.75) is 25.3 Å². The number of thioether (sulfide) groups is 1. The van der Waals surface area contributed by atoms with E-state index in [2.05, 4.69) is 19.9 Å². The predicted molar refractivity (Wildman–Crippen MR) is 104 cm³/mol. The van der Waals surface area contributed by atoms with E-state index in [1.165, 1.54) is 17.8 Å². The normalized spacial score (nSPS) is 19.9. The fourth-order valence-corrected chi connectivity index (χ4v) is 4.21. The van der Waals surface area contributed by atoms with E-state index in [1.54, 1.807) is 30.6 Å². The zero-order valence-corrected chi connectivity index (χ0v) is 15.5. The Kier molecular flexibility index (Phi) is 4.43. The lowest BCUT2D eigenvalue weighted by molar-refractivity contribution is 0.0984. The Morgan fingerprint density at radius 2 is 2.26 bits per heavy atom. The van der Waals surface area contributed by atoms with Crippen molar-refractivity contribution in [3.63, 3.8) is 0 Å². The quantitative estimate of drug-likeness (QED) is 0.675. The van der Waals surface area contributed by atoms with Gasteiger partial charge in [-0.1, -0.05) is 17.8 Å². The first kappa shape index (κ1) is 17.7. The number of Topliss-reactive ketones (excluding diaryl/α,β-unsaturated/α-hetero) is 1. The summed E-state index contributed by atoms with van der Waals surface area (Å²) in [4.78, 5) is 28.4. The summed E-state index contributed by atoms with van der Waals surface area (Å²) in [6.45, 7) is 1.87. The van der Waals surface area contributed by atoms with Crippen molar-refractivity contribution in [2.75, 3.05) is 5.75 Å². The number of nitrogens with one attached hydrogen (secondary N) is 1. The van der Waals surface area contributed by atoms with E-state index in [9.17, 15) is 9.18 Å². The Labute approximate surface area is 159 Å². The maximum atomic E-state index is 14.5. The van der Waals surface area contributed by atoms with Crippen molar-refractivity contribution < 1.29 is 9.18 Å². The number of carbonyl (C=O) groups is 1. The summed E-state index contributed by atoms with van der Waals surface area (Å²) in [5.74, 6) is 0.538. The molecule has 1 aliphatic heterocycles. The molecule has 138 valence electrons. The van der Waals surface area contributed by atoms with Gasteiger partial charge in [0.25, 0.3) is 0 Å². The van der Waals surface area contributed by atoms with Crippen molar-refractivity contribution in [1.82, 2.24) is 15.0 Å². The standard InChI is InChI=1S/C19H18FN5OS/c1-19(5-7-27-18(21)25-19)12-8-11(2-3-13(12)20)9-16(26)17-23-14-4-6-22-10-15(14)24-17/h2-4,6,8,10H,5,7,9H2,1H3,(H2,21,25)(H,23,24)/t19-/m0/s1. The first-order valence-electron chi connectivity index (χ1n) is 8.54. The lowest BCUT2D eigenvalue weighted by atomic mass is 9.87. The molecule has 3 heterocycles. The number of benzene rings is 1. The second kappa shape index (κ2) is 6.77. The molecule has 3 N–H and O–H groups in total. The molecule has 2 aromatic heterocycles. The fourth-order valence-electron chi connectivity index (χ4n) is 3.23. The van der Waals surface area contributed by atoms with Crippen LogP contribution in [0.25, 0.3) is 11.0 Å². The van der Waals surface area contributed by atoms with Gasteiger partial charge in [-0.05, 0) is 37.1 Å². The van der Waals surface area contributed by atoms with Crippen LogP contribution in [0.3, 0.4) is 0 Å². The van der Waals surface area contributed by atoms with Gasteiger partial charge in [-0.3, -0.25) is 14.8 Å². The van der Waals surface area contributed by atoms with Crippen molar-refractivity contribution in [3.05, 3.63) is 59.4 Å². The molecule has 8 heteroatoms. The number of H-pyrrole nitrogens is 1. The van der Waals surface area contributed by atoms with Crippen LogP contribution in [0.4, 0.5) is 4.39 Å². The Bertz CT molecular complexity index is 1030. The van der Waals surface area contributed by atoms with Gasteiger partial charge in [0.05, 0.1) is 22.8 Å². The van der Waals surface area contributed by atoms with Crippen LogP contribution in [0.2, 0.25) is 0 Å². The second-order valence-corrected chi connectivity index (χ2v) is 7.83. The third-order valence-electron chi connectivity index (χ3n) is 4.72. The minimum atomic E-state index is -0.719. The number of amidine groups is 1. The number of halogens is 1. The van der Waals surface area contributed by atoms with E-state index < -0.39 is 5.54 Å². The third-order valence-corrected chi connectivity index (χ3v) is 5.51. The number of nitrogens with zero attached hydrogens (tertiary/aromatic N) is 3. The summed E-state index contributed by atoms with van der Waals surface area (Å²) in [6, 6.07) is 6.46. The lowest BCUT2D eigenvalue weighted by Crippen LogP contribution is -2.29. The number of aliphatic imine (C=N–C) groups is 1. The topological polar surface area (TPSA) is 97.0 Å². The van der Waals surface area contributed by atoms with Crippen LogP contribution >= 0.6 is 11.8 Å². The number of pyridine rings is 1. The Hall–Kier alpha value is -2.74. The minimum Gasteiger partial charge on any atom is -0.379 e. The van der Waals surface area contributed by atoms with Gasteiger partial charge >= 0.3 is 0 Å².